The van der Waals surface area contributed by atoms with Crippen LogP contribution in [0.25, 0.3) is 5.65 Å². The molecule has 2 aromatic rings. The number of hydrogen-bond donors (Lipinski definition) is 0. The van der Waals surface area contributed by atoms with Gasteiger partial charge in [-0.1, -0.05) is 13.3 Å². The van der Waals surface area contributed by atoms with Crippen LogP contribution in [0, 0.1) is 0 Å². The number of carbonyl (C=O) groups is 1. The number of aromatic nitrogens is 2. The summed E-state index contributed by atoms with van der Waals surface area (Å²) in [6.07, 6.45) is 7.37. The van der Waals surface area contributed by atoms with E-state index in [1.807, 2.05) is 10.6 Å². The van der Waals surface area contributed by atoms with E-state index in [1.165, 1.54) is 18.4 Å². The van der Waals surface area contributed by atoms with Gasteiger partial charge in [0.1, 0.15) is 11.3 Å². The summed E-state index contributed by atoms with van der Waals surface area (Å²) in [5.74, 6) is 0.728. The molecule has 3 nitrogen and oxygen atoms in total. The predicted molar refractivity (Wildman–Crippen MR) is 66.5 cm³/mol. The molecule has 17 heavy (non-hydrogen) atoms. The summed E-state index contributed by atoms with van der Waals surface area (Å²) < 4.78 is 1.91. The lowest BCUT2D eigenvalue weighted by atomic mass is 10.2. The number of imidazole rings is 1. The molecule has 0 N–H and O–H groups in total. The van der Waals surface area contributed by atoms with E-state index in [0.717, 1.165) is 36.4 Å². The first kappa shape index (κ1) is 10.5. The first-order valence-corrected chi connectivity index (χ1v) is 6.29. The first-order chi connectivity index (χ1) is 8.33. The molecular formula is C14H16N2O. The van der Waals surface area contributed by atoms with Crippen LogP contribution in [0.2, 0.25) is 0 Å². The molecule has 0 saturated heterocycles. The number of aryl methyl sites for hydroxylation is 1. The zero-order valence-electron chi connectivity index (χ0n) is 10.0. The van der Waals surface area contributed by atoms with Crippen molar-refractivity contribution in [2.24, 2.45) is 0 Å². The average Bonchev–Trinajstić information content (AvgIpc) is 3.11. The summed E-state index contributed by atoms with van der Waals surface area (Å²) in [6.45, 7) is 2.11. The van der Waals surface area contributed by atoms with Crippen LogP contribution in [0.1, 0.15) is 53.8 Å². The molecule has 0 radical (unpaired) electrons. The van der Waals surface area contributed by atoms with Gasteiger partial charge in [-0.05, 0) is 42.9 Å². The normalized spacial score (nSPS) is 15.4. The highest BCUT2D eigenvalue weighted by Crippen LogP contribution is 2.40. The molecule has 0 unspecified atom stereocenters. The van der Waals surface area contributed by atoms with E-state index >= 15 is 0 Å². The lowest BCUT2D eigenvalue weighted by Crippen LogP contribution is -1.95. The molecule has 1 aliphatic rings. The summed E-state index contributed by atoms with van der Waals surface area (Å²) in [4.78, 5) is 15.7. The number of carbonyl (C=O) groups excluding carboxylic acids is 1. The first-order valence-electron chi connectivity index (χ1n) is 6.29. The van der Waals surface area contributed by atoms with Crippen molar-refractivity contribution in [3.63, 3.8) is 0 Å². The summed E-state index contributed by atoms with van der Waals surface area (Å²) in [6, 6.07) is 4.25. The smallest absolute Gasteiger partial charge is 0.168 e. The van der Waals surface area contributed by atoms with E-state index < -0.39 is 0 Å². The highest BCUT2D eigenvalue weighted by atomic mass is 16.1. The lowest BCUT2D eigenvalue weighted by Gasteiger charge is -1.99. The molecule has 0 aliphatic heterocycles. The molecule has 1 aliphatic carbocycles. The third-order valence-corrected chi connectivity index (χ3v) is 3.41. The molecular weight excluding hydrogens is 212 g/mol. The fraction of sp³-hybridized carbons (Fsp3) is 0.429. The van der Waals surface area contributed by atoms with Crippen LogP contribution in [-0.4, -0.2) is 15.7 Å². The van der Waals surface area contributed by atoms with Crippen LogP contribution in [0.3, 0.4) is 0 Å². The Bertz CT molecular complexity index is 567. The zero-order chi connectivity index (χ0) is 11.8. The van der Waals surface area contributed by atoms with Gasteiger partial charge in [0.25, 0.3) is 0 Å². The van der Waals surface area contributed by atoms with Crippen molar-refractivity contribution in [1.29, 1.82) is 0 Å². The Labute approximate surface area is 100 Å². The third kappa shape index (κ3) is 1.75. The fourth-order valence-electron chi connectivity index (χ4n) is 2.34. The fourth-order valence-corrected chi connectivity index (χ4v) is 2.34. The van der Waals surface area contributed by atoms with Crippen LogP contribution in [0.5, 0.6) is 0 Å². The predicted octanol–water partition coefficient (Wildman–Crippen LogP) is 2.98. The Kier molecular flexibility index (Phi) is 2.46. The van der Waals surface area contributed by atoms with Crippen LogP contribution >= 0.6 is 0 Å². The summed E-state index contributed by atoms with van der Waals surface area (Å²) >= 11 is 0. The molecule has 0 aromatic carbocycles. The van der Waals surface area contributed by atoms with Gasteiger partial charge >= 0.3 is 0 Å². The van der Waals surface area contributed by atoms with Crippen molar-refractivity contribution in [2.45, 2.75) is 38.5 Å². The second-order valence-electron chi connectivity index (χ2n) is 4.77. The number of aldehydes is 1. The van der Waals surface area contributed by atoms with Crippen molar-refractivity contribution >= 4 is 11.9 Å². The Morgan fingerprint density at radius 2 is 2.35 bits per heavy atom. The Balaban J connectivity index is 2.13. The van der Waals surface area contributed by atoms with Gasteiger partial charge in [-0.2, -0.15) is 0 Å². The highest BCUT2D eigenvalue weighted by Gasteiger charge is 2.24. The largest absolute Gasteiger partial charge is 0.297 e. The highest BCUT2D eigenvalue weighted by molar-refractivity contribution is 5.76. The molecule has 3 heteroatoms. The minimum absolute atomic E-state index is 0.712. The summed E-state index contributed by atoms with van der Waals surface area (Å²) in [5, 5.41) is 0. The molecule has 1 saturated carbocycles. The molecule has 0 amide bonds. The Morgan fingerprint density at radius 3 is 3.00 bits per heavy atom. The Morgan fingerprint density at radius 1 is 1.53 bits per heavy atom. The monoisotopic (exact) mass is 228 g/mol. The Hall–Kier alpha value is -1.64. The van der Waals surface area contributed by atoms with Gasteiger partial charge in [-0.15, -0.1) is 0 Å². The second kappa shape index (κ2) is 3.99. The van der Waals surface area contributed by atoms with E-state index in [-0.39, 0.29) is 0 Å². The topological polar surface area (TPSA) is 34.4 Å². The van der Waals surface area contributed by atoms with Gasteiger partial charge in [0.2, 0.25) is 0 Å². The maximum atomic E-state index is 11.1. The van der Waals surface area contributed by atoms with Gasteiger partial charge in [0.15, 0.2) is 6.29 Å². The van der Waals surface area contributed by atoms with E-state index in [9.17, 15) is 4.79 Å². The number of nitrogens with zero attached hydrogens (tertiary/aromatic N) is 2. The molecule has 3 rings (SSSR count). The number of fused-ring (bicyclic) bond motifs is 1. The van der Waals surface area contributed by atoms with Crippen LogP contribution in [0.4, 0.5) is 0 Å². The van der Waals surface area contributed by atoms with Crippen molar-refractivity contribution in [3.8, 4) is 0 Å². The van der Waals surface area contributed by atoms with Gasteiger partial charge in [0, 0.05) is 6.20 Å². The van der Waals surface area contributed by atoms with E-state index in [4.69, 9.17) is 0 Å². The molecule has 1 fully saturated rings. The van der Waals surface area contributed by atoms with Crippen molar-refractivity contribution in [1.82, 2.24) is 9.38 Å². The molecule has 0 spiro atoms. The SMILES string of the molecule is CCCc1nc2cc(C3CC3)ccn2c1C=O. The quantitative estimate of drug-likeness (QED) is 0.754. The van der Waals surface area contributed by atoms with Crippen LogP contribution in [-0.2, 0) is 6.42 Å². The molecule has 2 aromatic heterocycles. The average molecular weight is 228 g/mol. The van der Waals surface area contributed by atoms with Crippen molar-refractivity contribution in [3.05, 3.63) is 35.3 Å². The van der Waals surface area contributed by atoms with Gasteiger partial charge in [-0.3, -0.25) is 9.20 Å². The third-order valence-electron chi connectivity index (χ3n) is 3.41. The zero-order valence-corrected chi connectivity index (χ0v) is 10.0. The minimum atomic E-state index is 0.712. The maximum absolute atomic E-state index is 11.1. The number of rotatable bonds is 4. The molecule has 0 bridgehead atoms. The van der Waals surface area contributed by atoms with Gasteiger partial charge in [-0.25, -0.2) is 4.98 Å². The van der Waals surface area contributed by atoms with E-state index in [0.29, 0.717) is 5.69 Å². The summed E-state index contributed by atoms with van der Waals surface area (Å²) in [5.41, 5.74) is 3.92. The van der Waals surface area contributed by atoms with Crippen molar-refractivity contribution < 1.29 is 4.79 Å². The molecule has 0 atom stereocenters. The number of pyridine rings is 1. The molecule has 88 valence electrons. The van der Waals surface area contributed by atoms with Gasteiger partial charge in [0.05, 0.1) is 5.69 Å². The van der Waals surface area contributed by atoms with Gasteiger partial charge < -0.3 is 0 Å². The standard InChI is InChI=1S/C14H16N2O/c1-2-3-12-13(9-17)16-7-6-11(10-4-5-10)8-14(16)15-12/h6-10H,2-5H2,1H3. The van der Waals surface area contributed by atoms with Crippen LogP contribution in [0.15, 0.2) is 18.3 Å². The maximum Gasteiger partial charge on any atom is 0.168 e. The van der Waals surface area contributed by atoms with Crippen LogP contribution < -0.4 is 0 Å². The van der Waals surface area contributed by atoms with E-state index in [2.05, 4.69) is 24.0 Å². The van der Waals surface area contributed by atoms with Crippen molar-refractivity contribution in [2.75, 3.05) is 0 Å². The second-order valence-corrected chi connectivity index (χ2v) is 4.77. The van der Waals surface area contributed by atoms with E-state index in [1.54, 1.807) is 0 Å². The number of hydrogen-bond acceptors (Lipinski definition) is 2. The summed E-state index contributed by atoms with van der Waals surface area (Å²) in [7, 11) is 0. The molecule has 2 heterocycles. The minimum Gasteiger partial charge on any atom is -0.297 e. The lowest BCUT2D eigenvalue weighted by molar-refractivity contribution is 0.111.